The molecule has 7 nitrogen and oxygen atoms in total. The summed E-state index contributed by atoms with van der Waals surface area (Å²) in [6.45, 7) is 3.14. The third kappa shape index (κ3) is 4.49. The second-order valence-electron chi connectivity index (χ2n) is 4.03. The Balaban J connectivity index is 3.10. The summed E-state index contributed by atoms with van der Waals surface area (Å²) in [5.74, 6) is -0.234. The van der Waals surface area contributed by atoms with Crippen molar-refractivity contribution in [3.8, 4) is 11.5 Å². The van der Waals surface area contributed by atoms with Crippen molar-refractivity contribution in [3.63, 3.8) is 0 Å². The number of hydrogen-bond acceptors (Lipinski definition) is 6. The molecule has 21 heavy (non-hydrogen) atoms. The lowest BCUT2D eigenvalue weighted by Crippen LogP contribution is -2.15. The van der Waals surface area contributed by atoms with Gasteiger partial charge in [0, 0.05) is 0 Å². The molecule has 1 aromatic rings. The Morgan fingerprint density at radius 1 is 1.43 bits per heavy atom. The number of carbonyl (C=O) groups excluding carboxylic acids is 1. The topological polar surface area (TPSA) is 87.9 Å². The number of rotatable bonds is 7. The lowest BCUT2D eigenvalue weighted by Gasteiger charge is -2.13. The average Bonchev–Trinajstić information content (AvgIpc) is 2.44. The van der Waals surface area contributed by atoms with Gasteiger partial charge in [-0.05, 0) is 19.9 Å². The van der Waals surface area contributed by atoms with E-state index in [0.717, 1.165) is 0 Å². The zero-order valence-corrected chi connectivity index (χ0v) is 12.7. The van der Waals surface area contributed by atoms with Crippen molar-refractivity contribution >= 4 is 23.3 Å². The van der Waals surface area contributed by atoms with Crippen LogP contribution < -0.4 is 9.47 Å². The van der Waals surface area contributed by atoms with Crippen molar-refractivity contribution in [2.75, 3.05) is 20.3 Å². The van der Waals surface area contributed by atoms with Gasteiger partial charge in [-0.2, -0.15) is 0 Å². The Hall–Kier alpha value is -2.02. The van der Waals surface area contributed by atoms with E-state index in [2.05, 4.69) is 0 Å². The maximum absolute atomic E-state index is 11.3. The van der Waals surface area contributed by atoms with Crippen LogP contribution in [0.5, 0.6) is 11.5 Å². The first-order valence-corrected chi connectivity index (χ1v) is 6.63. The van der Waals surface area contributed by atoms with Crippen LogP contribution in [0.25, 0.3) is 0 Å². The monoisotopic (exact) mass is 317 g/mol. The number of hydrogen-bond donors (Lipinski definition) is 0. The van der Waals surface area contributed by atoms with Gasteiger partial charge in [0.05, 0.1) is 35.6 Å². The van der Waals surface area contributed by atoms with Gasteiger partial charge in [0.25, 0.3) is 5.69 Å². The second kappa shape index (κ2) is 7.68. The second-order valence-corrected chi connectivity index (χ2v) is 4.68. The minimum Gasteiger partial charge on any atom is -0.493 e. The maximum Gasteiger partial charge on any atom is 0.344 e. The third-order valence-electron chi connectivity index (χ3n) is 2.59. The Bertz CT molecular complexity index is 532. The van der Waals surface area contributed by atoms with Gasteiger partial charge in [0.1, 0.15) is 0 Å². The highest BCUT2D eigenvalue weighted by Gasteiger charge is 2.23. The van der Waals surface area contributed by atoms with E-state index in [9.17, 15) is 14.9 Å². The van der Waals surface area contributed by atoms with Gasteiger partial charge in [-0.1, -0.05) is 0 Å². The normalized spacial score (nSPS) is 11.6. The SMILES string of the molecule is CCOC(=O)COc1cc([N+](=O)[O-])c(C(C)Cl)cc1OC. The zero-order valence-electron chi connectivity index (χ0n) is 11.9. The summed E-state index contributed by atoms with van der Waals surface area (Å²) in [5, 5.41) is 10.5. The highest BCUT2D eigenvalue weighted by molar-refractivity contribution is 6.20. The fourth-order valence-corrected chi connectivity index (χ4v) is 1.83. The summed E-state index contributed by atoms with van der Waals surface area (Å²) >= 11 is 5.93. The minimum atomic E-state index is -0.572. The van der Waals surface area contributed by atoms with Crippen LogP contribution in [-0.4, -0.2) is 31.2 Å². The summed E-state index contributed by atoms with van der Waals surface area (Å²) in [6.07, 6.45) is 0. The molecule has 0 saturated heterocycles. The van der Waals surface area contributed by atoms with Crippen molar-refractivity contribution in [1.29, 1.82) is 0 Å². The molecule has 0 heterocycles. The number of nitrogens with zero attached hydrogens (tertiary/aromatic N) is 1. The number of benzene rings is 1. The number of ether oxygens (including phenoxy) is 3. The molecule has 0 N–H and O–H groups in total. The molecule has 1 rings (SSSR count). The number of methoxy groups -OCH3 is 1. The lowest BCUT2D eigenvalue weighted by molar-refractivity contribution is -0.385. The molecule has 1 atom stereocenters. The van der Waals surface area contributed by atoms with Crippen LogP contribution in [0.2, 0.25) is 0 Å². The van der Waals surface area contributed by atoms with E-state index < -0.39 is 16.3 Å². The van der Waals surface area contributed by atoms with Crippen LogP contribution in [-0.2, 0) is 9.53 Å². The molecule has 0 aliphatic carbocycles. The quantitative estimate of drug-likeness (QED) is 0.332. The standard InChI is InChI=1S/C13H16ClNO6/c1-4-20-13(16)7-21-12-6-10(15(17)18)9(8(2)14)5-11(12)19-3/h5-6,8H,4,7H2,1-3H3. The molecule has 116 valence electrons. The molecule has 0 bridgehead atoms. The largest absolute Gasteiger partial charge is 0.493 e. The van der Waals surface area contributed by atoms with Crippen molar-refractivity contribution in [3.05, 3.63) is 27.8 Å². The van der Waals surface area contributed by atoms with Gasteiger partial charge in [-0.15, -0.1) is 11.6 Å². The van der Waals surface area contributed by atoms with E-state index in [4.69, 9.17) is 25.8 Å². The molecule has 0 fully saturated rings. The van der Waals surface area contributed by atoms with Crippen molar-refractivity contribution < 1.29 is 23.9 Å². The van der Waals surface area contributed by atoms with E-state index in [1.54, 1.807) is 13.8 Å². The summed E-state index contributed by atoms with van der Waals surface area (Å²) < 4.78 is 15.0. The summed E-state index contributed by atoms with van der Waals surface area (Å²) in [5.41, 5.74) is 0.110. The number of alkyl halides is 1. The Kier molecular flexibility index (Phi) is 6.23. The molecule has 8 heteroatoms. The van der Waals surface area contributed by atoms with Gasteiger partial charge in [0.15, 0.2) is 18.1 Å². The summed E-state index contributed by atoms with van der Waals surface area (Å²) in [7, 11) is 1.39. The van der Waals surface area contributed by atoms with Crippen LogP contribution in [0.3, 0.4) is 0 Å². The molecule has 1 aromatic carbocycles. The van der Waals surface area contributed by atoms with Crippen molar-refractivity contribution in [2.45, 2.75) is 19.2 Å². The Morgan fingerprint density at radius 3 is 2.57 bits per heavy atom. The predicted molar refractivity (Wildman–Crippen MR) is 76.0 cm³/mol. The molecule has 0 aliphatic rings. The first-order valence-electron chi connectivity index (χ1n) is 6.19. The number of halogens is 1. The van der Waals surface area contributed by atoms with Crippen LogP contribution >= 0.6 is 11.6 Å². The van der Waals surface area contributed by atoms with Crippen LogP contribution in [0, 0.1) is 10.1 Å². The fourth-order valence-electron chi connectivity index (χ4n) is 1.65. The van der Waals surface area contributed by atoms with Crippen molar-refractivity contribution in [2.24, 2.45) is 0 Å². The summed E-state index contributed by atoms with van der Waals surface area (Å²) in [4.78, 5) is 21.8. The molecule has 0 aromatic heterocycles. The van der Waals surface area contributed by atoms with Crippen LogP contribution in [0.1, 0.15) is 24.8 Å². The third-order valence-corrected chi connectivity index (χ3v) is 2.82. The maximum atomic E-state index is 11.3. The number of nitro benzene ring substituents is 1. The Morgan fingerprint density at radius 2 is 2.10 bits per heavy atom. The smallest absolute Gasteiger partial charge is 0.344 e. The molecule has 0 amide bonds. The molecule has 0 radical (unpaired) electrons. The van der Waals surface area contributed by atoms with Gasteiger partial charge in [0.2, 0.25) is 0 Å². The highest BCUT2D eigenvalue weighted by Crippen LogP contribution is 2.39. The van der Waals surface area contributed by atoms with E-state index >= 15 is 0 Å². The average molecular weight is 318 g/mol. The predicted octanol–water partition coefficient (Wildman–Crippen LogP) is 2.85. The van der Waals surface area contributed by atoms with Gasteiger partial charge in [-0.3, -0.25) is 10.1 Å². The van der Waals surface area contributed by atoms with Crippen LogP contribution in [0.15, 0.2) is 12.1 Å². The van der Waals surface area contributed by atoms with E-state index in [1.807, 2.05) is 0 Å². The highest BCUT2D eigenvalue weighted by atomic mass is 35.5. The van der Waals surface area contributed by atoms with Crippen LogP contribution in [0.4, 0.5) is 5.69 Å². The Labute approximate surface area is 126 Å². The molecule has 0 spiro atoms. The van der Waals surface area contributed by atoms with E-state index in [1.165, 1.54) is 19.2 Å². The molecular formula is C13H16ClNO6. The lowest BCUT2D eigenvalue weighted by atomic mass is 10.1. The number of nitro groups is 1. The van der Waals surface area contributed by atoms with E-state index in [-0.39, 0.29) is 30.4 Å². The summed E-state index contributed by atoms with van der Waals surface area (Å²) in [6, 6.07) is 2.61. The number of carbonyl (C=O) groups is 1. The minimum absolute atomic E-state index is 0.0818. The molecule has 0 aliphatic heterocycles. The van der Waals surface area contributed by atoms with E-state index in [0.29, 0.717) is 5.56 Å². The first kappa shape index (κ1) is 17.0. The molecular weight excluding hydrogens is 302 g/mol. The molecule has 0 saturated carbocycles. The number of esters is 1. The molecule has 1 unspecified atom stereocenters. The zero-order chi connectivity index (χ0) is 16.0. The fraction of sp³-hybridized carbons (Fsp3) is 0.462. The van der Waals surface area contributed by atoms with Crippen molar-refractivity contribution in [1.82, 2.24) is 0 Å². The van der Waals surface area contributed by atoms with Gasteiger partial charge >= 0.3 is 5.97 Å². The van der Waals surface area contributed by atoms with Gasteiger partial charge < -0.3 is 14.2 Å². The first-order chi connectivity index (χ1) is 9.90. The van der Waals surface area contributed by atoms with Gasteiger partial charge in [-0.25, -0.2) is 4.79 Å².